The summed E-state index contributed by atoms with van der Waals surface area (Å²) >= 11 is 5.81. The van der Waals surface area contributed by atoms with E-state index < -0.39 is 18.2 Å². The zero-order chi connectivity index (χ0) is 19.6. The van der Waals surface area contributed by atoms with Crippen LogP contribution in [-0.2, 0) is 4.79 Å². The minimum absolute atomic E-state index is 0.0366. The minimum atomic E-state index is -4.99. The lowest BCUT2D eigenvalue weighted by molar-refractivity contribution is -0.211. The fourth-order valence-corrected chi connectivity index (χ4v) is 3.29. The highest BCUT2D eigenvalue weighted by Gasteiger charge is 2.46. The van der Waals surface area contributed by atoms with Gasteiger partial charge in [-0.2, -0.15) is 13.2 Å². The van der Waals surface area contributed by atoms with Crippen LogP contribution in [0.1, 0.15) is 23.7 Å². The molecule has 2 amide bonds. The van der Waals surface area contributed by atoms with Crippen molar-refractivity contribution < 1.29 is 27.9 Å². The molecule has 3 atom stereocenters. The maximum atomic E-state index is 12.6. The normalized spacial score (nSPS) is 22.0. The number of piperidine rings is 1. The van der Waals surface area contributed by atoms with Crippen molar-refractivity contribution in [1.29, 1.82) is 0 Å². The molecule has 0 radical (unpaired) electrons. The molecule has 1 fully saturated rings. The Hall–Kier alpha value is -1.80. The predicted molar refractivity (Wildman–Crippen MR) is 89.8 cm³/mol. The molecule has 2 unspecified atom stereocenters. The molecule has 9 heteroatoms. The average Bonchev–Trinajstić information content (AvgIpc) is 2.59. The second-order valence-corrected chi connectivity index (χ2v) is 6.92. The molecule has 0 spiro atoms. The minimum Gasteiger partial charge on any atom is -0.376 e. The van der Waals surface area contributed by atoms with Crippen molar-refractivity contribution in [2.45, 2.75) is 31.7 Å². The summed E-state index contributed by atoms with van der Waals surface area (Å²) in [6.45, 7) is 1.84. The van der Waals surface area contributed by atoms with E-state index in [-0.39, 0.29) is 31.0 Å². The lowest BCUT2D eigenvalue weighted by Gasteiger charge is -2.41. The van der Waals surface area contributed by atoms with Crippen LogP contribution in [0.5, 0.6) is 0 Å². The van der Waals surface area contributed by atoms with Crippen molar-refractivity contribution in [2.75, 3.05) is 20.1 Å². The number of amides is 2. The van der Waals surface area contributed by atoms with Gasteiger partial charge < -0.3 is 14.9 Å². The molecular weight excluding hydrogens is 373 g/mol. The maximum Gasteiger partial charge on any atom is 0.423 e. The first kappa shape index (κ1) is 20.5. The largest absolute Gasteiger partial charge is 0.423 e. The van der Waals surface area contributed by atoms with Crippen LogP contribution in [0.15, 0.2) is 24.3 Å². The standard InChI is InChI=1S/C17H20ClF3N2O3/c1-10-9-23(16(26)14(24)17(19,20)21)8-7-13(10)22(2)15(25)11-3-5-12(18)6-4-11/h3-6,10,13-14,24H,7-9H2,1-2H3/t10?,13?,14-/m0/s1. The highest BCUT2D eigenvalue weighted by Crippen LogP contribution is 2.27. The van der Waals surface area contributed by atoms with E-state index in [9.17, 15) is 22.8 Å². The number of likely N-dealkylation sites (tertiary alicyclic amines) is 1. The number of carbonyl (C=O) groups excluding carboxylic acids is 2. The Morgan fingerprint density at radius 3 is 2.38 bits per heavy atom. The summed E-state index contributed by atoms with van der Waals surface area (Å²) in [4.78, 5) is 26.9. The number of alkyl halides is 3. The zero-order valence-corrected chi connectivity index (χ0v) is 15.1. The van der Waals surface area contributed by atoms with Gasteiger partial charge >= 0.3 is 6.18 Å². The van der Waals surface area contributed by atoms with Gasteiger partial charge in [-0.05, 0) is 36.6 Å². The molecule has 1 N–H and O–H groups in total. The van der Waals surface area contributed by atoms with Gasteiger partial charge in [0.1, 0.15) is 0 Å². The Bertz CT molecular complexity index is 666. The summed E-state index contributed by atoms with van der Waals surface area (Å²) in [5.74, 6) is -1.82. The van der Waals surface area contributed by atoms with Crippen LogP contribution in [0.2, 0.25) is 5.02 Å². The van der Waals surface area contributed by atoms with Crippen LogP contribution >= 0.6 is 11.6 Å². The number of aliphatic hydroxyl groups is 1. The fraction of sp³-hybridized carbons (Fsp3) is 0.529. The van der Waals surface area contributed by atoms with E-state index in [1.807, 2.05) is 0 Å². The van der Waals surface area contributed by atoms with Crippen molar-refractivity contribution in [3.05, 3.63) is 34.9 Å². The van der Waals surface area contributed by atoms with E-state index in [2.05, 4.69) is 0 Å². The number of carbonyl (C=O) groups is 2. The van der Waals surface area contributed by atoms with Crippen molar-refractivity contribution >= 4 is 23.4 Å². The van der Waals surface area contributed by atoms with Crippen LogP contribution in [0.25, 0.3) is 0 Å². The van der Waals surface area contributed by atoms with Gasteiger partial charge in [-0.1, -0.05) is 18.5 Å². The molecule has 2 rings (SSSR count). The molecule has 0 aliphatic carbocycles. The van der Waals surface area contributed by atoms with Crippen molar-refractivity contribution in [3.63, 3.8) is 0 Å². The Balaban J connectivity index is 2.03. The van der Waals surface area contributed by atoms with Gasteiger partial charge in [0.15, 0.2) is 0 Å². The molecule has 144 valence electrons. The smallest absolute Gasteiger partial charge is 0.376 e. The van der Waals surface area contributed by atoms with E-state index in [1.165, 1.54) is 4.90 Å². The second-order valence-electron chi connectivity index (χ2n) is 6.48. The van der Waals surface area contributed by atoms with Crippen molar-refractivity contribution in [3.8, 4) is 0 Å². The number of rotatable bonds is 3. The van der Waals surface area contributed by atoms with E-state index in [4.69, 9.17) is 16.7 Å². The molecule has 26 heavy (non-hydrogen) atoms. The molecule has 1 aromatic rings. The molecule has 0 bridgehead atoms. The number of halogens is 4. The van der Waals surface area contributed by atoms with Gasteiger partial charge in [0.2, 0.25) is 6.10 Å². The van der Waals surface area contributed by atoms with Crippen LogP contribution < -0.4 is 0 Å². The summed E-state index contributed by atoms with van der Waals surface area (Å²) in [5, 5.41) is 9.64. The molecular formula is C17H20ClF3N2O3. The molecule has 1 aliphatic rings. The van der Waals surface area contributed by atoms with E-state index >= 15 is 0 Å². The van der Waals surface area contributed by atoms with Crippen LogP contribution in [-0.4, -0.2) is 65.2 Å². The first-order valence-electron chi connectivity index (χ1n) is 8.08. The lowest BCUT2D eigenvalue weighted by Crippen LogP contribution is -2.55. The summed E-state index contributed by atoms with van der Waals surface area (Å²) in [7, 11) is 1.63. The summed E-state index contributed by atoms with van der Waals surface area (Å²) in [6, 6.07) is 6.18. The number of hydrogen-bond acceptors (Lipinski definition) is 3. The number of hydrogen-bond donors (Lipinski definition) is 1. The Morgan fingerprint density at radius 2 is 1.88 bits per heavy atom. The third kappa shape index (κ3) is 4.48. The summed E-state index contributed by atoms with van der Waals surface area (Å²) in [6.07, 6.45) is -7.68. The zero-order valence-electron chi connectivity index (χ0n) is 14.3. The molecule has 1 saturated heterocycles. The van der Waals surface area contributed by atoms with Gasteiger partial charge in [0, 0.05) is 36.8 Å². The predicted octanol–water partition coefficient (Wildman–Crippen LogP) is 2.57. The molecule has 1 heterocycles. The molecule has 0 aromatic heterocycles. The quantitative estimate of drug-likeness (QED) is 0.860. The van der Waals surface area contributed by atoms with Crippen LogP contribution in [0.4, 0.5) is 13.2 Å². The SMILES string of the molecule is CC1CN(C(=O)[C@H](O)C(F)(F)F)CCC1N(C)C(=O)c1ccc(Cl)cc1. The summed E-state index contributed by atoms with van der Waals surface area (Å²) < 4.78 is 37.6. The molecule has 0 saturated carbocycles. The third-order valence-electron chi connectivity index (χ3n) is 4.62. The van der Waals surface area contributed by atoms with Crippen LogP contribution in [0, 0.1) is 5.92 Å². The maximum absolute atomic E-state index is 12.6. The summed E-state index contributed by atoms with van der Waals surface area (Å²) in [5.41, 5.74) is 0.454. The van der Waals surface area contributed by atoms with Gasteiger partial charge in [0.25, 0.3) is 11.8 Å². The fourth-order valence-electron chi connectivity index (χ4n) is 3.17. The highest BCUT2D eigenvalue weighted by molar-refractivity contribution is 6.30. The Labute approximate surface area is 154 Å². The Morgan fingerprint density at radius 1 is 1.31 bits per heavy atom. The van der Waals surface area contributed by atoms with Gasteiger partial charge in [0.05, 0.1) is 0 Å². The second kappa shape index (κ2) is 7.84. The Kier molecular flexibility index (Phi) is 6.18. The van der Waals surface area contributed by atoms with Crippen molar-refractivity contribution in [2.24, 2.45) is 5.92 Å². The number of nitrogens with zero attached hydrogens (tertiary/aromatic N) is 2. The topological polar surface area (TPSA) is 60.9 Å². The first-order chi connectivity index (χ1) is 12.0. The van der Waals surface area contributed by atoms with Crippen molar-refractivity contribution in [1.82, 2.24) is 9.80 Å². The van der Waals surface area contributed by atoms with E-state index in [0.717, 1.165) is 4.90 Å². The lowest BCUT2D eigenvalue weighted by atomic mass is 9.91. The monoisotopic (exact) mass is 392 g/mol. The van der Waals surface area contributed by atoms with Gasteiger partial charge in [-0.25, -0.2) is 0 Å². The number of benzene rings is 1. The molecule has 1 aliphatic heterocycles. The van der Waals surface area contributed by atoms with Crippen LogP contribution in [0.3, 0.4) is 0 Å². The molecule has 5 nitrogen and oxygen atoms in total. The highest BCUT2D eigenvalue weighted by atomic mass is 35.5. The average molecular weight is 393 g/mol. The van der Waals surface area contributed by atoms with Gasteiger partial charge in [-0.15, -0.1) is 0 Å². The van der Waals surface area contributed by atoms with Gasteiger partial charge in [-0.3, -0.25) is 9.59 Å². The first-order valence-corrected chi connectivity index (χ1v) is 8.46. The molecule has 1 aromatic carbocycles. The van der Waals surface area contributed by atoms with E-state index in [0.29, 0.717) is 17.0 Å². The van der Waals surface area contributed by atoms with E-state index in [1.54, 1.807) is 38.2 Å². The third-order valence-corrected chi connectivity index (χ3v) is 4.88. The number of aliphatic hydroxyl groups excluding tert-OH is 1.